The van der Waals surface area contributed by atoms with Crippen LogP contribution in [0.2, 0.25) is 0 Å². The van der Waals surface area contributed by atoms with Crippen LogP contribution in [0, 0.1) is 11.8 Å². The highest BCUT2D eigenvalue weighted by atomic mass is 15.2. The van der Waals surface area contributed by atoms with Crippen molar-refractivity contribution in [2.75, 3.05) is 0 Å². The molecule has 1 aliphatic rings. The molecule has 1 aromatic carbocycles. The first kappa shape index (κ1) is 13.6. The number of hydrogen-bond donors (Lipinski definition) is 1. The third kappa shape index (κ3) is 2.45. The van der Waals surface area contributed by atoms with Gasteiger partial charge in [-0.15, -0.1) is 0 Å². The van der Waals surface area contributed by atoms with Gasteiger partial charge in [-0.2, -0.15) is 0 Å². The summed E-state index contributed by atoms with van der Waals surface area (Å²) in [6.07, 6.45) is 0. The van der Waals surface area contributed by atoms with Gasteiger partial charge in [0.2, 0.25) is 0 Å². The second kappa shape index (κ2) is 5.41. The highest BCUT2D eigenvalue weighted by Crippen LogP contribution is 2.32. The lowest BCUT2D eigenvalue weighted by molar-refractivity contribution is 0.00745. The average Bonchev–Trinajstić information content (AvgIpc) is 2.40. The minimum atomic E-state index is 0.278. The van der Waals surface area contributed by atoms with E-state index in [0.29, 0.717) is 23.9 Å². The minimum absolute atomic E-state index is 0.278. The van der Waals surface area contributed by atoms with E-state index in [1.165, 1.54) is 5.56 Å². The van der Waals surface area contributed by atoms with Gasteiger partial charge < -0.3 is 5.73 Å². The maximum Gasteiger partial charge on any atom is 0.0240 e. The van der Waals surface area contributed by atoms with E-state index >= 15 is 0 Å². The molecule has 0 unspecified atom stereocenters. The molecule has 0 amide bonds. The lowest BCUT2D eigenvalue weighted by atomic mass is 9.76. The predicted molar refractivity (Wildman–Crippen MR) is 77.2 cm³/mol. The maximum absolute atomic E-state index is 6.38. The molecule has 1 aromatic rings. The largest absolute Gasteiger partial charge is 0.326 e. The van der Waals surface area contributed by atoms with Gasteiger partial charge in [0.1, 0.15) is 0 Å². The topological polar surface area (TPSA) is 29.3 Å². The first-order valence-corrected chi connectivity index (χ1v) is 7.07. The number of nitrogens with zero attached hydrogens (tertiary/aromatic N) is 1. The highest BCUT2D eigenvalue weighted by Gasteiger charge is 2.39. The molecule has 2 nitrogen and oxygen atoms in total. The Bertz CT molecular complexity index is 360. The normalized spacial score (nSPS) is 37.7. The summed E-state index contributed by atoms with van der Waals surface area (Å²) in [6, 6.07) is 12.0. The molecular weight excluding hydrogens is 220 g/mol. The predicted octanol–water partition coefficient (Wildman–Crippen LogP) is 2.88. The molecule has 1 saturated heterocycles. The quantitative estimate of drug-likeness (QED) is 0.869. The van der Waals surface area contributed by atoms with Crippen LogP contribution in [0.1, 0.15) is 33.3 Å². The van der Waals surface area contributed by atoms with Crippen molar-refractivity contribution in [3.63, 3.8) is 0 Å². The van der Waals surface area contributed by atoms with Gasteiger partial charge in [-0.05, 0) is 31.2 Å². The van der Waals surface area contributed by atoms with Gasteiger partial charge in [-0.1, -0.05) is 44.2 Å². The zero-order valence-corrected chi connectivity index (χ0v) is 12.0. The van der Waals surface area contributed by atoms with Crippen molar-refractivity contribution in [2.24, 2.45) is 17.6 Å². The summed E-state index contributed by atoms with van der Waals surface area (Å²) in [5, 5.41) is 0. The van der Waals surface area contributed by atoms with Crippen molar-refractivity contribution in [1.29, 1.82) is 0 Å². The fourth-order valence-corrected chi connectivity index (χ4v) is 3.21. The molecule has 1 aliphatic heterocycles. The highest BCUT2D eigenvalue weighted by molar-refractivity contribution is 5.15. The van der Waals surface area contributed by atoms with Crippen LogP contribution in [0.15, 0.2) is 30.3 Å². The number of hydrogen-bond acceptors (Lipinski definition) is 2. The van der Waals surface area contributed by atoms with E-state index in [-0.39, 0.29) is 6.04 Å². The Morgan fingerprint density at radius 1 is 0.944 bits per heavy atom. The molecule has 0 spiro atoms. The van der Waals surface area contributed by atoms with Gasteiger partial charge in [-0.25, -0.2) is 0 Å². The van der Waals surface area contributed by atoms with Crippen LogP contribution >= 0.6 is 0 Å². The van der Waals surface area contributed by atoms with E-state index in [9.17, 15) is 0 Å². The first-order valence-electron chi connectivity index (χ1n) is 7.07. The third-order valence-electron chi connectivity index (χ3n) is 5.01. The van der Waals surface area contributed by atoms with E-state index in [2.05, 4.69) is 62.9 Å². The lowest BCUT2D eigenvalue weighted by Crippen LogP contribution is -2.60. The fraction of sp³-hybridized carbons (Fsp3) is 0.625. The lowest BCUT2D eigenvalue weighted by Gasteiger charge is -2.49. The average molecular weight is 246 g/mol. The van der Waals surface area contributed by atoms with Crippen molar-refractivity contribution in [3.05, 3.63) is 35.9 Å². The summed E-state index contributed by atoms with van der Waals surface area (Å²) >= 11 is 0. The first-order chi connectivity index (χ1) is 8.52. The molecule has 2 heteroatoms. The Balaban J connectivity index is 2.16. The van der Waals surface area contributed by atoms with Crippen LogP contribution in [0.4, 0.5) is 0 Å². The van der Waals surface area contributed by atoms with Crippen LogP contribution in [0.25, 0.3) is 0 Å². The number of rotatable bonds is 2. The Kier molecular flexibility index (Phi) is 4.08. The van der Waals surface area contributed by atoms with Crippen LogP contribution in [0.3, 0.4) is 0 Å². The van der Waals surface area contributed by atoms with Crippen LogP contribution in [-0.4, -0.2) is 23.0 Å². The standard InChI is InChI=1S/C16H26N2/c1-11-12(2)16(17)14(4)18(13(11)3)10-15-8-6-5-7-9-15/h5-9,11-14,16H,10,17H2,1-4H3/t11-,12+,13-,14+,16-/m0/s1. The number of nitrogens with two attached hydrogens (primary N) is 1. The second-order valence-electron chi connectivity index (χ2n) is 5.93. The molecule has 0 bridgehead atoms. The zero-order chi connectivity index (χ0) is 13.3. The van der Waals surface area contributed by atoms with Crippen LogP contribution < -0.4 is 5.73 Å². The van der Waals surface area contributed by atoms with Crippen molar-refractivity contribution >= 4 is 0 Å². The summed E-state index contributed by atoms with van der Waals surface area (Å²) in [5.74, 6) is 1.25. The molecule has 0 radical (unpaired) electrons. The van der Waals surface area contributed by atoms with Gasteiger partial charge in [0.15, 0.2) is 0 Å². The SMILES string of the molecule is C[C@@H]1[C@H](C)[C@H](C)N(Cc2ccccc2)[C@H](C)[C@H]1N. The molecule has 2 N–H and O–H groups in total. The van der Waals surface area contributed by atoms with E-state index in [1.54, 1.807) is 0 Å². The summed E-state index contributed by atoms with van der Waals surface area (Å²) < 4.78 is 0. The van der Waals surface area contributed by atoms with Gasteiger partial charge in [0.25, 0.3) is 0 Å². The van der Waals surface area contributed by atoms with Crippen molar-refractivity contribution < 1.29 is 0 Å². The number of benzene rings is 1. The molecule has 1 fully saturated rings. The summed E-state index contributed by atoms with van der Waals surface area (Å²) in [6.45, 7) is 10.2. The summed E-state index contributed by atoms with van der Waals surface area (Å²) in [7, 11) is 0. The third-order valence-corrected chi connectivity index (χ3v) is 5.01. The molecule has 18 heavy (non-hydrogen) atoms. The number of likely N-dealkylation sites (tertiary alicyclic amines) is 1. The Morgan fingerprint density at radius 2 is 1.56 bits per heavy atom. The second-order valence-corrected chi connectivity index (χ2v) is 5.93. The molecule has 0 aliphatic carbocycles. The van der Waals surface area contributed by atoms with Gasteiger partial charge in [0, 0.05) is 24.7 Å². The number of piperidine rings is 1. The molecule has 5 atom stereocenters. The summed E-state index contributed by atoms with van der Waals surface area (Å²) in [4.78, 5) is 2.56. The molecule has 1 heterocycles. The van der Waals surface area contributed by atoms with Crippen LogP contribution in [-0.2, 0) is 6.54 Å². The van der Waals surface area contributed by atoms with Gasteiger partial charge in [-0.3, -0.25) is 4.90 Å². The van der Waals surface area contributed by atoms with Crippen molar-refractivity contribution in [3.8, 4) is 0 Å². The summed E-state index contributed by atoms with van der Waals surface area (Å²) in [5.41, 5.74) is 7.76. The maximum atomic E-state index is 6.38. The van der Waals surface area contributed by atoms with Gasteiger partial charge >= 0.3 is 0 Å². The van der Waals surface area contributed by atoms with E-state index in [1.807, 2.05) is 0 Å². The molecule has 0 aromatic heterocycles. The Morgan fingerprint density at radius 3 is 2.17 bits per heavy atom. The molecule has 2 rings (SSSR count). The van der Waals surface area contributed by atoms with Crippen molar-refractivity contribution in [2.45, 2.75) is 52.4 Å². The van der Waals surface area contributed by atoms with Crippen molar-refractivity contribution in [1.82, 2.24) is 4.90 Å². The monoisotopic (exact) mass is 246 g/mol. The molecule has 100 valence electrons. The Labute approximate surface area is 111 Å². The van der Waals surface area contributed by atoms with Gasteiger partial charge in [0.05, 0.1) is 0 Å². The van der Waals surface area contributed by atoms with E-state index in [4.69, 9.17) is 5.73 Å². The van der Waals surface area contributed by atoms with Crippen LogP contribution in [0.5, 0.6) is 0 Å². The Hall–Kier alpha value is -0.860. The zero-order valence-electron chi connectivity index (χ0n) is 12.0. The molecule has 0 saturated carbocycles. The molecular formula is C16H26N2. The van der Waals surface area contributed by atoms with E-state index in [0.717, 1.165) is 6.54 Å². The fourth-order valence-electron chi connectivity index (χ4n) is 3.21. The smallest absolute Gasteiger partial charge is 0.0240 e. The van der Waals surface area contributed by atoms with E-state index < -0.39 is 0 Å². The minimum Gasteiger partial charge on any atom is -0.326 e.